The van der Waals surface area contributed by atoms with Gasteiger partial charge in [0.15, 0.2) is 0 Å². The molecule has 0 aliphatic heterocycles. The largest absolute Gasteiger partial charge is 0.353 e. The van der Waals surface area contributed by atoms with E-state index in [1.165, 1.54) is 24.8 Å². The number of benzene rings is 1. The van der Waals surface area contributed by atoms with Crippen molar-refractivity contribution in [2.24, 2.45) is 28.4 Å². The van der Waals surface area contributed by atoms with Crippen LogP contribution >= 0.6 is 11.6 Å². The van der Waals surface area contributed by atoms with Crippen LogP contribution < -0.4 is 11.1 Å². The molecular formula is C26H37ClN2O. The van der Waals surface area contributed by atoms with E-state index in [4.69, 9.17) is 17.3 Å². The van der Waals surface area contributed by atoms with E-state index in [1.54, 1.807) is 0 Å². The van der Waals surface area contributed by atoms with Crippen molar-refractivity contribution in [3.8, 4) is 0 Å². The van der Waals surface area contributed by atoms with Crippen molar-refractivity contribution in [3.05, 3.63) is 35.9 Å². The monoisotopic (exact) mass is 428 g/mol. The Kier molecular flexibility index (Phi) is 5.42. The molecular weight excluding hydrogens is 392 g/mol. The molecule has 1 aromatic carbocycles. The van der Waals surface area contributed by atoms with Crippen LogP contribution in [-0.2, 0) is 10.2 Å². The molecule has 4 heteroatoms. The predicted molar refractivity (Wildman–Crippen MR) is 122 cm³/mol. The van der Waals surface area contributed by atoms with Crippen LogP contribution in [0.25, 0.3) is 0 Å². The first kappa shape index (κ1) is 20.8. The molecule has 1 aromatic rings. The molecule has 4 atom stereocenters. The summed E-state index contributed by atoms with van der Waals surface area (Å²) in [4.78, 5) is 13.9. The third-order valence-corrected chi connectivity index (χ3v) is 9.38. The van der Waals surface area contributed by atoms with Gasteiger partial charge in [0.1, 0.15) is 0 Å². The van der Waals surface area contributed by atoms with Gasteiger partial charge in [-0.2, -0.15) is 0 Å². The molecule has 5 aliphatic rings. The lowest BCUT2D eigenvalue weighted by atomic mass is 9.38. The molecule has 4 bridgehead atoms. The molecule has 0 aromatic heterocycles. The number of amides is 1. The molecule has 5 fully saturated rings. The zero-order chi connectivity index (χ0) is 20.8. The molecule has 30 heavy (non-hydrogen) atoms. The van der Waals surface area contributed by atoms with E-state index in [2.05, 4.69) is 35.6 Å². The van der Waals surface area contributed by atoms with Gasteiger partial charge in [-0.05, 0) is 105 Å². The molecule has 0 heterocycles. The molecule has 5 aliphatic carbocycles. The van der Waals surface area contributed by atoms with Crippen LogP contribution in [0.5, 0.6) is 0 Å². The van der Waals surface area contributed by atoms with E-state index in [9.17, 15) is 4.79 Å². The molecule has 1 amide bonds. The Balaban J connectivity index is 1.42. The lowest BCUT2D eigenvalue weighted by Gasteiger charge is -2.66. The number of alkyl halides is 1. The Hall–Kier alpha value is -1.06. The van der Waals surface area contributed by atoms with Crippen molar-refractivity contribution in [1.29, 1.82) is 0 Å². The van der Waals surface area contributed by atoms with Gasteiger partial charge in [0.2, 0.25) is 5.91 Å². The summed E-state index contributed by atoms with van der Waals surface area (Å²) in [6.45, 7) is 0.785. The first-order valence-corrected chi connectivity index (χ1v) is 12.7. The van der Waals surface area contributed by atoms with Crippen molar-refractivity contribution in [2.45, 2.75) is 82.1 Å². The van der Waals surface area contributed by atoms with E-state index in [0.717, 1.165) is 57.9 Å². The molecule has 3 N–H and O–H groups in total. The number of halogens is 1. The van der Waals surface area contributed by atoms with Crippen molar-refractivity contribution < 1.29 is 4.79 Å². The van der Waals surface area contributed by atoms with Crippen molar-refractivity contribution in [3.63, 3.8) is 0 Å². The minimum Gasteiger partial charge on any atom is -0.353 e. The molecule has 5 saturated carbocycles. The van der Waals surface area contributed by atoms with Gasteiger partial charge in [-0.3, -0.25) is 4.79 Å². The van der Waals surface area contributed by atoms with Gasteiger partial charge in [-0.25, -0.2) is 0 Å². The summed E-state index contributed by atoms with van der Waals surface area (Å²) in [5.41, 5.74) is 7.51. The summed E-state index contributed by atoms with van der Waals surface area (Å²) < 4.78 is 0. The van der Waals surface area contributed by atoms with Gasteiger partial charge in [0, 0.05) is 11.9 Å². The summed E-state index contributed by atoms with van der Waals surface area (Å²) in [6.07, 6.45) is 12.4. The molecule has 2 unspecified atom stereocenters. The summed E-state index contributed by atoms with van der Waals surface area (Å²) in [6, 6.07) is 11.4. The number of nitrogens with two attached hydrogens (primary N) is 1. The summed E-state index contributed by atoms with van der Waals surface area (Å²) in [5, 5.41) is 3.54. The van der Waals surface area contributed by atoms with Crippen LogP contribution in [0.2, 0.25) is 0 Å². The number of hydrogen-bond acceptors (Lipinski definition) is 2. The molecule has 0 saturated heterocycles. The number of carbonyl (C=O) groups is 1. The van der Waals surface area contributed by atoms with Crippen LogP contribution in [0, 0.1) is 22.7 Å². The zero-order valence-corrected chi connectivity index (χ0v) is 18.9. The van der Waals surface area contributed by atoms with Gasteiger partial charge in [-0.15, -0.1) is 11.6 Å². The molecule has 164 valence electrons. The number of nitrogens with one attached hydrogen (secondary N) is 1. The third-order valence-electron chi connectivity index (χ3n) is 9.19. The van der Waals surface area contributed by atoms with E-state index < -0.39 is 0 Å². The second kappa shape index (κ2) is 7.81. The summed E-state index contributed by atoms with van der Waals surface area (Å²) in [5.74, 6) is 2.36. The fourth-order valence-electron chi connectivity index (χ4n) is 8.37. The highest BCUT2D eigenvalue weighted by Gasteiger charge is 2.65. The molecule has 6 rings (SSSR count). The Morgan fingerprint density at radius 1 is 1.03 bits per heavy atom. The lowest BCUT2D eigenvalue weighted by molar-refractivity contribution is -0.164. The average molecular weight is 429 g/mol. The number of hydrogen-bond donors (Lipinski definition) is 2. The van der Waals surface area contributed by atoms with Crippen molar-refractivity contribution in [2.75, 3.05) is 12.4 Å². The maximum absolute atomic E-state index is 13.9. The standard InChI is InChI=1S/C26H37ClN2O/c27-11-10-24-12-20-13-25(16-24,21-4-2-1-3-5-21)18-26(14-20,17-24)23(30)29-22-8-6-19(15-28)7-9-22/h1-5,19-20,22H,6-18,28H2,(H,29,30)/t19-,20?,22-,24-,25-,26?/m1/s1. The average Bonchev–Trinajstić information content (AvgIpc) is 2.74. The van der Waals surface area contributed by atoms with Gasteiger partial charge >= 0.3 is 0 Å². The number of carbonyl (C=O) groups excluding carboxylic acids is 1. The highest BCUT2D eigenvalue weighted by molar-refractivity contribution is 6.17. The normalized spacial score (nSPS) is 42.3. The van der Waals surface area contributed by atoms with Crippen LogP contribution in [0.3, 0.4) is 0 Å². The quantitative estimate of drug-likeness (QED) is 0.615. The Labute approximate surface area is 186 Å². The smallest absolute Gasteiger partial charge is 0.226 e. The van der Waals surface area contributed by atoms with E-state index in [1.807, 2.05) is 0 Å². The predicted octanol–water partition coefficient (Wildman–Crippen LogP) is 5.16. The Morgan fingerprint density at radius 2 is 1.80 bits per heavy atom. The van der Waals surface area contributed by atoms with E-state index in [0.29, 0.717) is 29.7 Å². The van der Waals surface area contributed by atoms with Crippen LogP contribution in [0.4, 0.5) is 0 Å². The maximum atomic E-state index is 13.9. The second-order valence-electron chi connectivity index (χ2n) is 11.3. The minimum atomic E-state index is -0.202. The van der Waals surface area contributed by atoms with Crippen LogP contribution in [-0.4, -0.2) is 24.4 Å². The highest BCUT2D eigenvalue weighted by atomic mass is 35.5. The zero-order valence-electron chi connectivity index (χ0n) is 18.2. The second-order valence-corrected chi connectivity index (χ2v) is 11.7. The lowest BCUT2D eigenvalue weighted by Crippen LogP contribution is -2.63. The van der Waals surface area contributed by atoms with Crippen molar-refractivity contribution >= 4 is 17.5 Å². The summed E-state index contributed by atoms with van der Waals surface area (Å²) >= 11 is 6.33. The highest BCUT2D eigenvalue weighted by Crippen LogP contribution is 2.71. The Morgan fingerprint density at radius 3 is 2.50 bits per heavy atom. The van der Waals surface area contributed by atoms with Gasteiger partial charge < -0.3 is 11.1 Å². The first-order chi connectivity index (χ1) is 14.5. The number of rotatable bonds is 6. The fourth-order valence-corrected chi connectivity index (χ4v) is 8.77. The maximum Gasteiger partial charge on any atom is 0.226 e. The topological polar surface area (TPSA) is 55.1 Å². The molecule has 3 nitrogen and oxygen atoms in total. The van der Waals surface area contributed by atoms with E-state index in [-0.39, 0.29) is 16.2 Å². The van der Waals surface area contributed by atoms with E-state index >= 15 is 0 Å². The van der Waals surface area contributed by atoms with Gasteiger partial charge in [-0.1, -0.05) is 30.3 Å². The minimum absolute atomic E-state index is 0.154. The van der Waals surface area contributed by atoms with Crippen LogP contribution in [0.15, 0.2) is 30.3 Å². The first-order valence-electron chi connectivity index (χ1n) is 12.1. The fraction of sp³-hybridized carbons (Fsp3) is 0.731. The molecule has 0 spiro atoms. The molecule has 0 radical (unpaired) electrons. The third kappa shape index (κ3) is 3.50. The SMILES string of the molecule is NC[C@H]1CC[C@H](NC(=O)C23CC4C[C@@](CCCl)(C2)C[C@](c2ccccc2)(C4)C3)CC1. The van der Waals surface area contributed by atoms with Gasteiger partial charge in [0.05, 0.1) is 5.41 Å². The van der Waals surface area contributed by atoms with Gasteiger partial charge in [0.25, 0.3) is 0 Å². The summed E-state index contributed by atoms with van der Waals surface area (Å²) in [7, 11) is 0. The van der Waals surface area contributed by atoms with Crippen LogP contribution in [0.1, 0.15) is 76.2 Å². The Bertz CT molecular complexity index is 776. The van der Waals surface area contributed by atoms with Crippen molar-refractivity contribution in [1.82, 2.24) is 5.32 Å².